The first-order valence-electron chi connectivity index (χ1n) is 6.68. The molecular weight excluding hydrogens is 283 g/mol. The average molecular weight is 296 g/mol. The minimum atomic E-state index is -0.440. The molecule has 0 unspecified atom stereocenters. The fraction of sp³-hybridized carbons (Fsp3) is 0.0625. The van der Waals surface area contributed by atoms with Crippen LogP contribution in [0.15, 0.2) is 54.9 Å². The topological polar surface area (TPSA) is 59.8 Å². The quantitative estimate of drug-likeness (QED) is 0.808. The van der Waals surface area contributed by atoms with Crippen molar-refractivity contribution in [2.75, 3.05) is 5.32 Å². The second-order valence-electron chi connectivity index (χ2n) is 4.76. The van der Waals surface area contributed by atoms with Gasteiger partial charge in [0.1, 0.15) is 12.1 Å². The first-order chi connectivity index (χ1) is 10.6. The normalized spacial score (nSPS) is 10.5. The summed E-state index contributed by atoms with van der Waals surface area (Å²) in [6.07, 6.45) is 1.47. The molecule has 110 valence electrons. The van der Waals surface area contributed by atoms with Crippen LogP contribution in [-0.4, -0.2) is 20.7 Å². The van der Waals surface area contributed by atoms with Crippen LogP contribution < -0.4 is 5.32 Å². The number of aryl methyl sites for hydroxylation is 1. The molecule has 1 heterocycles. The van der Waals surface area contributed by atoms with Crippen LogP contribution >= 0.6 is 0 Å². The van der Waals surface area contributed by atoms with Crippen molar-refractivity contribution in [3.8, 4) is 5.69 Å². The lowest BCUT2D eigenvalue weighted by molar-refractivity contribution is 0.101. The van der Waals surface area contributed by atoms with Gasteiger partial charge in [-0.25, -0.2) is 14.1 Å². The Morgan fingerprint density at radius 3 is 2.68 bits per heavy atom. The van der Waals surface area contributed by atoms with E-state index in [1.165, 1.54) is 29.2 Å². The Morgan fingerprint density at radius 2 is 1.95 bits per heavy atom. The molecule has 5 nitrogen and oxygen atoms in total. The van der Waals surface area contributed by atoms with Gasteiger partial charge >= 0.3 is 0 Å². The van der Waals surface area contributed by atoms with Crippen molar-refractivity contribution >= 4 is 11.6 Å². The maximum atomic E-state index is 13.1. The number of hydrogen-bond acceptors (Lipinski definition) is 3. The second kappa shape index (κ2) is 5.77. The first kappa shape index (κ1) is 13.9. The molecule has 0 bridgehead atoms. The monoisotopic (exact) mass is 296 g/mol. The molecule has 0 atom stereocenters. The number of carbonyl (C=O) groups excluding carboxylic acids is 1. The van der Waals surface area contributed by atoms with E-state index in [0.29, 0.717) is 11.3 Å². The van der Waals surface area contributed by atoms with Crippen molar-refractivity contribution in [1.82, 2.24) is 14.8 Å². The van der Waals surface area contributed by atoms with Gasteiger partial charge in [0.25, 0.3) is 5.91 Å². The van der Waals surface area contributed by atoms with E-state index in [2.05, 4.69) is 15.4 Å². The Bertz CT molecular complexity index is 814. The molecule has 22 heavy (non-hydrogen) atoms. The number of halogens is 1. The summed E-state index contributed by atoms with van der Waals surface area (Å²) >= 11 is 0. The number of amides is 1. The number of para-hydroxylation sites is 1. The largest absolute Gasteiger partial charge is 0.319 e. The third-order valence-electron chi connectivity index (χ3n) is 3.15. The molecule has 0 aliphatic rings. The van der Waals surface area contributed by atoms with Crippen LogP contribution in [0.25, 0.3) is 5.69 Å². The minimum Gasteiger partial charge on any atom is -0.319 e. The molecular formula is C16H13FN4O. The molecule has 0 saturated carbocycles. The highest BCUT2D eigenvalue weighted by atomic mass is 19.1. The van der Waals surface area contributed by atoms with Crippen LogP contribution in [0.4, 0.5) is 10.1 Å². The van der Waals surface area contributed by atoms with Gasteiger partial charge in [-0.05, 0) is 42.8 Å². The number of nitrogens with zero attached hydrogens (tertiary/aromatic N) is 3. The zero-order valence-electron chi connectivity index (χ0n) is 11.8. The Hall–Kier alpha value is -3.02. The minimum absolute atomic E-state index is 0.0487. The first-order valence-corrected chi connectivity index (χ1v) is 6.68. The molecule has 0 aliphatic carbocycles. The molecule has 0 aliphatic heterocycles. The van der Waals surface area contributed by atoms with Crippen LogP contribution in [0.1, 0.15) is 16.2 Å². The molecule has 1 aromatic heterocycles. The van der Waals surface area contributed by atoms with E-state index in [4.69, 9.17) is 0 Å². The lowest BCUT2D eigenvalue weighted by Gasteiger charge is -2.06. The van der Waals surface area contributed by atoms with Crippen molar-refractivity contribution in [3.05, 3.63) is 72.1 Å². The van der Waals surface area contributed by atoms with E-state index in [-0.39, 0.29) is 11.6 Å². The standard InChI is InChI=1S/C16H13FN4O/c1-11-9-12(17)7-8-14(11)19-16(22)15-18-10-21(20-15)13-5-3-2-4-6-13/h2-10H,1H3,(H,19,22). The molecule has 0 fully saturated rings. The summed E-state index contributed by atoms with van der Waals surface area (Å²) in [6, 6.07) is 13.5. The Balaban J connectivity index is 1.80. The lowest BCUT2D eigenvalue weighted by Crippen LogP contribution is -2.15. The van der Waals surface area contributed by atoms with Gasteiger partial charge in [-0.1, -0.05) is 18.2 Å². The fourth-order valence-corrected chi connectivity index (χ4v) is 2.02. The van der Waals surface area contributed by atoms with Crippen molar-refractivity contribution in [3.63, 3.8) is 0 Å². The summed E-state index contributed by atoms with van der Waals surface area (Å²) < 4.78 is 14.6. The van der Waals surface area contributed by atoms with Gasteiger partial charge in [-0.2, -0.15) is 0 Å². The van der Waals surface area contributed by atoms with Gasteiger partial charge < -0.3 is 5.32 Å². The van der Waals surface area contributed by atoms with Crippen LogP contribution in [0.2, 0.25) is 0 Å². The molecule has 2 aromatic carbocycles. The fourth-order valence-electron chi connectivity index (χ4n) is 2.02. The van der Waals surface area contributed by atoms with Crippen LogP contribution in [-0.2, 0) is 0 Å². The molecule has 0 saturated heterocycles. The number of hydrogen-bond donors (Lipinski definition) is 1. The summed E-state index contributed by atoms with van der Waals surface area (Å²) in [5, 5.41) is 6.82. The van der Waals surface area contributed by atoms with E-state index >= 15 is 0 Å². The Kier molecular flexibility index (Phi) is 3.65. The number of anilines is 1. The van der Waals surface area contributed by atoms with Gasteiger partial charge in [0.05, 0.1) is 5.69 Å². The smallest absolute Gasteiger partial charge is 0.295 e. The number of aromatic nitrogens is 3. The van der Waals surface area contributed by atoms with Crippen LogP contribution in [0, 0.1) is 12.7 Å². The van der Waals surface area contributed by atoms with Crippen LogP contribution in [0.3, 0.4) is 0 Å². The van der Waals surface area contributed by atoms with Crippen molar-refractivity contribution in [2.45, 2.75) is 6.92 Å². The van der Waals surface area contributed by atoms with E-state index in [1.807, 2.05) is 30.3 Å². The summed E-state index contributed by atoms with van der Waals surface area (Å²) in [7, 11) is 0. The van der Waals surface area contributed by atoms with Gasteiger partial charge in [0.2, 0.25) is 5.82 Å². The summed E-state index contributed by atoms with van der Waals surface area (Å²) in [5.41, 5.74) is 1.98. The average Bonchev–Trinajstić information content (AvgIpc) is 3.01. The van der Waals surface area contributed by atoms with Crippen molar-refractivity contribution in [1.29, 1.82) is 0 Å². The molecule has 1 N–H and O–H groups in total. The summed E-state index contributed by atoms with van der Waals surface area (Å²) in [5.74, 6) is -0.737. The molecule has 1 amide bonds. The highest BCUT2D eigenvalue weighted by Crippen LogP contribution is 2.16. The number of carbonyl (C=O) groups is 1. The van der Waals surface area contributed by atoms with Gasteiger partial charge in [-0.3, -0.25) is 4.79 Å². The Morgan fingerprint density at radius 1 is 1.18 bits per heavy atom. The molecule has 3 rings (SSSR count). The SMILES string of the molecule is Cc1cc(F)ccc1NC(=O)c1ncn(-c2ccccc2)n1. The molecule has 0 radical (unpaired) electrons. The molecule has 3 aromatic rings. The summed E-state index contributed by atoms with van der Waals surface area (Å²) in [4.78, 5) is 16.2. The Labute approximate surface area is 126 Å². The van der Waals surface area contributed by atoms with Crippen LogP contribution in [0.5, 0.6) is 0 Å². The van der Waals surface area contributed by atoms with E-state index in [1.54, 1.807) is 6.92 Å². The van der Waals surface area contributed by atoms with E-state index < -0.39 is 5.91 Å². The predicted molar refractivity (Wildman–Crippen MR) is 80.4 cm³/mol. The zero-order valence-corrected chi connectivity index (χ0v) is 11.8. The maximum absolute atomic E-state index is 13.1. The highest BCUT2D eigenvalue weighted by molar-refractivity contribution is 6.01. The van der Waals surface area contributed by atoms with E-state index in [9.17, 15) is 9.18 Å². The number of nitrogens with one attached hydrogen (secondary N) is 1. The number of rotatable bonds is 3. The highest BCUT2D eigenvalue weighted by Gasteiger charge is 2.13. The zero-order chi connectivity index (χ0) is 15.5. The second-order valence-corrected chi connectivity index (χ2v) is 4.76. The predicted octanol–water partition coefficient (Wildman–Crippen LogP) is 2.97. The molecule has 0 spiro atoms. The van der Waals surface area contributed by atoms with Gasteiger partial charge in [0, 0.05) is 5.69 Å². The third-order valence-corrected chi connectivity index (χ3v) is 3.15. The molecule has 6 heteroatoms. The third kappa shape index (κ3) is 2.85. The number of benzene rings is 2. The summed E-state index contributed by atoms with van der Waals surface area (Å²) in [6.45, 7) is 1.72. The van der Waals surface area contributed by atoms with Gasteiger partial charge in [0.15, 0.2) is 0 Å². The van der Waals surface area contributed by atoms with E-state index in [0.717, 1.165) is 5.69 Å². The lowest BCUT2D eigenvalue weighted by atomic mass is 10.2. The van der Waals surface area contributed by atoms with Crippen molar-refractivity contribution in [2.24, 2.45) is 0 Å². The maximum Gasteiger partial charge on any atom is 0.295 e. The van der Waals surface area contributed by atoms with Crippen molar-refractivity contribution < 1.29 is 9.18 Å². The van der Waals surface area contributed by atoms with Gasteiger partial charge in [-0.15, -0.1) is 5.10 Å².